The van der Waals surface area contributed by atoms with Crippen molar-refractivity contribution in [1.29, 1.82) is 0 Å². The first-order valence-electron chi connectivity index (χ1n) is 7.86. The molecule has 0 aromatic carbocycles. The first-order valence-corrected chi connectivity index (χ1v) is 8.63. The summed E-state index contributed by atoms with van der Waals surface area (Å²) in [6.07, 6.45) is -8.17. The molecular weight excluding hydrogens is 667 g/mol. The highest BCUT2D eigenvalue weighted by atomic mass is 32.2. The minimum absolute atomic E-state index is 2.93. The first-order chi connectivity index (χ1) is 16.3. The highest BCUT2D eigenvalue weighted by Gasteiger charge is 2.99. The Bertz CT molecular complexity index is 897. The van der Waals surface area contributed by atoms with Gasteiger partial charge in [0.2, 0.25) is 0 Å². The van der Waals surface area contributed by atoms with E-state index < -0.39 is 82.7 Å². The standard InChI is InChI=1S/C12HF25OS/c13-1(14,3(17,18)5(21,22)7(25,26)9(29,30)11(33,34)35)2(15,16)4(19,20)6(23,24)8(27,28)10(31,32)12(36,37)39-38/h38H. The maximum Gasteiger partial charge on any atom is 0.460 e. The summed E-state index contributed by atoms with van der Waals surface area (Å²) in [5.74, 6) is -91.8. The Morgan fingerprint density at radius 2 is 0.410 bits per heavy atom. The molecule has 0 fully saturated rings. The van der Waals surface area contributed by atoms with Gasteiger partial charge in [0.15, 0.2) is 0 Å². The van der Waals surface area contributed by atoms with Gasteiger partial charge >= 0.3 is 70.7 Å². The van der Waals surface area contributed by atoms with Crippen molar-refractivity contribution in [3.63, 3.8) is 0 Å². The van der Waals surface area contributed by atoms with Crippen LogP contribution in [0.15, 0.2) is 0 Å². The molecule has 0 spiro atoms. The minimum Gasteiger partial charge on any atom is -0.325 e. The number of rotatable bonds is 11. The number of halogens is 25. The second kappa shape index (κ2) is 9.03. The summed E-state index contributed by atoms with van der Waals surface area (Å²) in [5, 5.41) is -7.17. The van der Waals surface area contributed by atoms with Gasteiger partial charge in [-0.2, -0.15) is 110 Å². The van der Waals surface area contributed by atoms with Crippen molar-refractivity contribution in [2.24, 2.45) is 0 Å². The fraction of sp³-hybridized carbons (Fsp3) is 1.00. The van der Waals surface area contributed by atoms with Crippen LogP contribution in [0.5, 0.6) is 0 Å². The van der Waals surface area contributed by atoms with Crippen LogP contribution in [0.4, 0.5) is 110 Å². The van der Waals surface area contributed by atoms with E-state index in [1.54, 1.807) is 0 Å². The monoisotopic (exact) mass is 668 g/mol. The molecule has 0 unspecified atom stereocenters. The SMILES string of the molecule is OSC(F)(F)C(F)(F)C(F)(F)C(F)(F)C(F)(F)C(F)(F)C(F)(F)C(F)(F)C(F)(F)C(F)(F)C(F)(F)C(F)(F)F. The van der Waals surface area contributed by atoms with E-state index in [9.17, 15) is 110 Å². The summed E-state index contributed by atoms with van der Waals surface area (Å²) in [4.78, 5) is 0. The maximum absolute atomic E-state index is 13.4. The van der Waals surface area contributed by atoms with Gasteiger partial charge in [-0.15, -0.1) is 0 Å². The Kier molecular flexibility index (Phi) is 8.69. The summed E-state index contributed by atoms with van der Waals surface area (Å²) in [6, 6.07) is 0. The smallest absolute Gasteiger partial charge is 0.325 e. The van der Waals surface area contributed by atoms with Crippen LogP contribution >= 0.6 is 12.0 Å². The zero-order valence-electron chi connectivity index (χ0n) is 16.3. The molecular formula is C12HF25OS. The van der Waals surface area contributed by atoms with E-state index in [1.165, 1.54) is 0 Å². The van der Waals surface area contributed by atoms with Gasteiger partial charge in [-0.3, -0.25) is 0 Å². The molecule has 0 aromatic heterocycles. The van der Waals surface area contributed by atoms with E-state index in [0.717, 1.165) is 0 Å². The molecule has 0 bridgehead atoms. The molecule has 0 rings (SSSR count). The number of hydrogen-bond donors (Lipinski definition) is 1. The van der Waals surface area contributed by atoms with Gasteiger partial charge in [-0.25, -0.2) is 0 Å². The lowest BCUT2D eigenvalue weighted by Gasteiger charge is -2.45. The molecule has 0 aromatic rings. The van der Waals surface area contributed by atoms with Crippen LogP contribution in [0.25, 0.3) is 0 Å². The molecule has 236 valence electrons. The molecule has 0 radical (unpaired) electrons. The fourth-order valence-corrected chi connectivity index (χ4v) is 2.24. The molecule has 0 saturated carbocycles. The average molecular weight is 668 g/mol. The Labute approximate surface area is 198 Å². The van der Waals surface area contributed by atoms with Crippen molar-refractivity contribution in [1.82, 2.24) is 0 Å². The third-order valence-electron chi connectivity index (χ3n) is 4.39. The predicted molar refractivity (Wildman–Crippen MR) is 70.7 cm³/mol. The van der Waals surface area contributed by atoms with E-state index in [4.69, 9.17) is 4.55 Å². The average Bonchev–Trinajstić information content (AvgIpc) is 2.71. The van der Waals surface area contributed by atoms with Gasteiger partial charge in [0.05, 0.1) is 12.0 Å². The Morgan fingerprint density at radius 3 is 0.564 bits per heavy atom. The highest BCUT2D eigenvalue weighted by molar-refractivity contribution is 7.94. The van der Waals surface area contributed by atoms with Crippen molar-refractivity contribution in [2.75, 3.05) is 0 Å². The first kappa shape index (κ1) is 37.6. The van der Waals surface area contributed by atoms with Crippen LogP contribution in [0.1, 0.15) is 0 Å². The molecule has 39 heavy (non-hydrogen) atoms. The van der Waals surface area contributed by atoms with Crippen molar-refractivity contribution in [3.05, 3.63) is 0 Å². The zero-order valence-corrected chi connectivity index (χ0v) is 17.1. The van der Waals surface area contributed by atoms with Gasteiger partial charge in [0, 0.05) is 0 Å². The Balaban J connectivity index is 7.31. The molecule has 0 heterocycles. The van der Waals surface area contributed by atoms with E-state index in [2.05, 4.69) is 0 Å². The number of alkyl halides is 25. The quantitative estimate of drug-likeness (QED) is 0.176. The van der Waals surface area contributed by atoms with Crippen LogP contribution in [0.3, 0.4) is 0 Å². The molecule has 0 aliphatic rings. The van der Waals surface area contributed by atoms with Gasteiger partial charge in [-0.1, -0.05) is 0 Å². The van der Waals surface area contributed by atoms with Crippen LogP contribution in [-0.2, 0) is 0 Å². The largest absolute Gasteiger partial charge is 0.460 e. The van der Waals surface area contributed by atoms with E-state index in [1.807, 2.05) is 0 Å². The minimum atomic E-state index is -9.61. The molecule has 0 aliphatic heterocycles. The van der Waals surface area contributed by atoms with Crippen molar-refractivity contribution >= 4 is 12.0 Å². The summed E-state index contributed by atoms with van der Waals surface area (Å²) in [5.41, 5.74) is 0. The number of hydrogen-bond acceptors (Lipinski definition) is 2. The summed E-state index contributed by atoms with van der Waals surface area (Å²) >= 11 is -2.93. The zero-order chi connectivity index (χ0) is 32.7. The molecule has 1 nitrogen and oxygen atoms in total. The second-order valence-electron chi connectivity index (χ2n) is 6.85. The third kappa shape index (κ3) is 4.32. The van der Waals surface area contributed by atoms with Crippen molar-refractivity contribution < 1.29 is 114 Å². The lowest BCUT2D eigenvalue weighted by molar-refractivity contribution is -0.480. The summed E-state index contributed by atoms with van der Waals surface area (Å²) in [7, 11) is 0. The fourth-order valence-electron chi connectivity index (χ4n) is 2.00. The predicted octanol–water partition coefficient (Wildman–Crippen LogP) is 8.70. The molecule has 0 amide bonds. The summed E-state index contributed by atoms with van der Waals surface area (Å²) in [6.45, 7) is 0. The van der Waals surface area contributed by atoms with E-state index >= 15 is 0 Å². The maximum atomic E-state index is 13.4. The van der Waals surface area contributed by atoms with Crippen molar-refractivity contribution in [2.45, 2.75) is 70.7 Å². The van der Waals surface area contributed by atoms with Gasteiger partial charge in [0.25, 0.3) is 0 Å². The third-order valence-corrected chi connectivity index (χ3v) is 4.87. The highest BCUT2D eigenvalue weighted by Crippen LogP contribution is 2.68. The lowest BCUT2D eigenvalue weighted by Crippen LogP contribution is -2.78. The van der Waals surface area contributed by atoms with Crippen LogP contribution in [-0.4, -0.2) is 75.2 Å². The van der Waals surface area contributed by atoms with Gasteiger partial charge in [-0.05, 0) is 0 Å². The van der Waals surface area contributed by atoms with E-state index in [-0.39, 0.29) is 0 Å². The Hall–Kier alpha value is -1.44. The molecule has 1 N–H and O–H groups in total. The lowest BCUT2D eigenvalue weighted by atomic mass is 9.85. The van der Waals surface area contributed by atoms with Crippen LogP contribution in [0, 0.1) is 0 Å². The summed E-state index contributed by atoms with van der Waals surface area (Å²) < 4.78 is 333. The second-order valence-corrected chi connectivity index (χ2v) is 7.55. The van der Waals surface area contributed by atoms with E-state index in [0.29, 0.717) is 0 Å². The molecule has 27 heteroatoms. The van der Waals surface area contributed by atoms with Gasteiger partial charge in [0.1, 0.15) is 0 Å². The molecule has 0 atom stereocenters. The van der Waals surface area contributed by atoms with Crippen LogP contribution in [0.2, 0.25) is 0 Å². The molecule has 0 saturated heterocycles. The van der Waals surface area contributed by atoms with Gasteiger partial charge < -0.3 is 4.55 Å². The normalized spacial score (nSPS) is 17.1. The Morgan fingerprint density at radius 1 is 0.256 bits per heavy atom. The van der Waals surface area contributed by atoms with Crippen LogP contribution < -0.4 is 0 Å². The molecule has 0 aliphatic carbocycles. The topological polar surface area (TPSA) is 20.2 Å². The van der Waals surface area contributed by atoms with Crippen molar-refractivity contribution in [3.8, 4) is 0 Å².